The van der Waals surface area contributed by atoms with Crippen LogP contribution in [0.3, 0.4) is 0 Å². The van der Waals surface area contributed by atoms with E-state index >= 15 is 0 Å². The van der Waals surface area contributed by atoms with Gasteiger partial charge in [0.15, 0.2) is 0 Å². The van der Waals surface area contributed by atoms with E-state index < -0.39 is 0 Å². The van der Waals surface area contributed by atoms with Gasteiger partial charge in [-0.15, -0.1) is 0 Å². The molecule has 0 saturated carbocycles. The molecule has 0 aliphatic carbocycles. The van der Waals surface area contributed by atoms with Gasteiger partial charge in [0.05, 0.1) is 0 Å². The van der Waals surface area contributed by atoms with E-state index in [1.807, 2.05) is 58.3 Å². The van der Waals surface area contributed by atoms with Crippen molar-refractivity contribution in [1.29, 1.82) is 0 Å². The molecule has 0 radical (unpaired) electrons. The van der Waals surface area contributed by atoms with Crippen LogP contribution < -0.4 is 4.90 Å². The molecule has 160 valence electrons. The summed E-state index contributed by atoms with van der Waals surface area (Å²) in [7, 11) is 0. The molecule has 2 aliphatic rings. The first-order chi connectivity index (χ1) is 15.1. The zero-order valence-corrected chi connectivity index (χ0v) is 18.2. The third kappa shape index (κ3) is 3.94. The number of para-hydroxylation sites is 1. The molecule has 1 saturated heterocycles. The minimum Gasteiger partial charge on any atom is -0.351 e. The smallest absolute Gasteiger partial charge is 0.270 e. The van der Waals surface area contributed by atoms with E-state index in [0.717, 1.165) is 53.0 Å². The van der Waals surface area contributed by atoms with Crippen LogP contribution in [0.15, 0.2) is 48.5 Å². The van der Waals surface area contributed by atoms with Gasteiger partial charge in [0, 0.05) is 47.2 Å². The summed E-state index contributed by atoms with van der Waals surface area (Å²) in [4.78, 5) is 33.4. The van der Waals surface area contributed by atoms with Crippen LogP contribution in [0, 0.1) is 5.92 Å². The molecule has 5 nitrogen and oxygen atoms in total. The van der Waals surface area contributed by atoms with Gasteiger partial charge in [0.2, 0.25) is 5.91 Å². The van der Waals surface area contributed by atoms with Crippen molar-refractivity contribution in [3.05, 3.63) is 64.8 Å². The molecule has 2 aromatic carbocycles. The van der Waals surface area contributed by atoms with Gasteiger partial charge in [-0.25, -0.2) is 0 Å². The Morgan fingerprint density at radius 1 is 0.968 bits per heavy atom. The van der Waals surface area contributed by atoms with Crippen LogP contribution in [-0.4, -0.2) is 41.3 Å². The third-order valence-corrected chi connectivity index (χ3v) is 6.80. The monoisotopic (exact) mass is 435 g/mol. The number of aromatic nitrogens is 1. The number of piperidine rings is 1. The summed E-state index contributed by atoms with van der Waals surface area (Å²) in [6.07, 6.45) is 4.41. The number of H-pyrrole nitrogens is 1. The normalized spacial score (nSPS) is 17.5. The number of benzene rings is 2. The number of hydrogen-bond acceptors (Lipinski definition) is 2. The molecular formula is C25H26ClN3O2. The fraction of sp³-hybridized carbons (Fsp3) is 0.360. The second-order valence-corrected chi connectivity index (χ2v) is 8.99. The highest BCUT2D eigenvalue weighted by Gasteiger charge is 2.32. The lowest BCUT2D eigenvalue weighted by molar-refractivity contribution is -0.123. The molecule has 0 bridgehead atoms. The minimum absolute atomic E-state index is 0.0110. The Bertz CT molecular complexity index is 1100. The van der Waals surface area contributed by atoms with Crippen molar-refractivity contribution in [2.75, 3.05) is 24.5 Å². The van der Waals surface area contributed by atoms with Gasteiger partial charge in [0.25, 0.3) is 5.91 Å². The van der Waals surface area contributed by atoms with Crippen LogP contribution in [0.25, 0.3) is 10.9 Å². The first kappa shape index (κ1) is 20.1. The zero-order chi connectivity index (χ0) is 21.4. The molecule has 3 aromatic rings. The van der Waals surface area contributed by atoms with Crippen molar-refractivity contribution in [1.82, 2.24) is 9.88 Å². The fourth-order valence-corrected chi connectivity index (χ4v) is 5.06. The standard InChI is InChI=1S/C25H26ClN3O2/c26-20-8-9-23-19(15-20)6-3-4-12-29(23)24(30)17-10-13-28(14-11-17)25(31)22-16-18-5-1-2-7-21(18)27-22/h1-2,5,7-9,15-17,27H,3-4,6,10-14H2. The summed E-state index contributed by atoms with van der Waals surface area (Å²) in [5.74, 6) is 0.147. The maximum absolute atomic E-state index is 13.4. The molecule has 1 aromatic heterocycles. The maximum Gasteiger partial charge on any atom is 0.270 e. The van der Waals surface area contributed by atoms with E-state index in [2.05, 4.69) is 4.98 Å². The number of fused-ring (bicyclic) bond motifs is 2. The molecule has 5 rings (SSSR count). The topological polar surface area (TPSA) is 56.4 Å². The van der Waals surface area contributed by atoms with Crippen LogP contribution in [0.2, 0.25) is 5.02 Å². The van der Waals surface area contributed by atoms with Crippen LogP contribution in [0.1, 0.15) is 41.7 Å². The molecule has 2 aliphatic heterocycles. The maximum atomic E-state index is 13.4. The molecule has 3 heterocycles. The molecule has 31 heavy (non-hydrogen) atoms. The van der Waals surface area contributed by atoms with Gasteiger partial charge in [-0.05, 0) is 68.0 Å². The summed E-state index contributed by atoms with van der Waals surface area (Å²) >= 11 is 6.18. The second-order valence-electron chi connectivity index (χ2n) is 8.56. The van der Waals surface area contributed by atoms with E-state index in [1.165, 1.54) is 0 Å². The highest BCUT2D eigenvalue weighted by atomic mass is 35.5. The van der Waals surface area contributed by atoms with Crippen molar-refractivity contribution in [3.8, 4) is 0 Å². The van der Waals surface area contributed by atoms with E-state index in [4.69, 9.17) is 11.6 Å². The van der Waals surface area contributed by atoms with E-state index in [1.54, 1.807) is 0 Å². The SMILES string of the molecule is O=C(c1cc2ccccc2[nH]1)N1CCC(C(=O)N2CCCCc3cc(Cl)ccc32)CC1. The second kappa shape index (κ2) is 8.39. The number of aryl methyl sites for hydroxylation is 1. The van der Waals surface area contributed by atoms with Gasteiger partial charge in [0.1, 0.15) is 5.69 Å². The average Bonchev–Trinajstić information content (AvgIpc) is 3.12. The van der Waals surface area contributed by atoms with E-state index in [-0.39, 0.29) is 17.7 Å². The Balaban J connectivity index is 1.27. The third-order valence-electron chi connectivity index (χ3n) is 6.57. The summed E-state index contributed by atoms with van der Waals surface area (Å²) in [5.41, 5.74) is 3.74. The van der Waals surface area contributed by atoms with Gasteiger partial charge in [-0.1, -0.05) is 29.8 Å². The number of rotatable bonds is 2. The number of amides is 2. The number of carbonyl (C=O) groups excluding carboxylic acids is 2. The number of nitrogens with zero attached hydrogens (tertiary/aromatic N) is 2. The van der Waals surface area contributed by atoms with E-state index in [9.17, 15) is 9.59 Å². The molecule has 0 spiro atoms. The Morgan fingerprint density at radius 2 is 1.77 bits per heavy atom. The summed E-state index contributed by atoms with van der Waals surface area (Å²) in [5, 5.41) is 1.76. The van der Waals surface area contributed by atoms with Crippen molar-refractivity contribution in [2.24, 2.45) is 5.92 Å². The quantitative estimate of drug-likeness (QED) is 0.612. The Hall–Kier alpha value is -2.79. The lowest BCUT2D eigenvalue weighted by Gasteiger charge is -2.34. The number of anilines is 1. The highest BCUT2D eigenvalue weighted by molar-refractivity contribution is 6.30. The summed E-state index contributed by atoms with van der Waals surface area (Å²) in [6.45, 7) is 1.96. The highest BCUT2D eigenvalue weighted by Crippen LogP contribution is 2.32. The van der Waals surface area contributed by atoms with Gasteiger partial charge >= 0.3 is 0 Å². The summed E-state index contributed by atoms with van der Waals surface area (Å²) < 4.78 is 0. The lowest BCUT2D eigenvalue weighted by Crippen LogP contribution is -2.45. The van der Waals surface area contributed by atoms with Crippen molar-refractivity contribution < 1.29 is 9.59 Å². The predicted molar refractivity (Wildman–Crippen MR) is 124 cm³/mol. The van der Waals surface area contributed by atoms with Crippen LogP contribution in [-0.2, 0) is 11.2 Å². The fourth-order valence-electron chi connectivity index (χ4n) is 4.86. The number of hydrogen-bond donors (Lipinski definition) is 1. The lowest BCUT2D eigenvalue weighted by atomic mass is 9.94. The predicted octanol–water partition coefficient (Wildman–Crippen LogP) is 5.04. The number of carbonyl (C=O) groups is 2. The molecule has 2 amide bonds. The molecule has 0 atom stereocenters. The van der Waals surface area contributed by atoms with Crippen molar-refractivity contribution in [2.45, 2.75) is 32.1 Å². The van der Waals surface area contributed by atoms with Gasteiger partial charge in [-0.3, -0.25) is 9.59 Å². The molecule has 1 fully saturated rings. The minimum atomic E-state index is -0.0478. The van der Waals surface area contributed by atoms with Crippen LogP contribution in [0.4, 0.5) is 5.69 Å². The van der Waals surface area contributed by atoms with Crippen molar-refractivity contribution >= 4 is 40.0 Å². The van der Waals surface area contributed by atoms with Crippen molar-refractivity contribution in [3.63, 3.8) is 0 Å². The van der Waals surface area contributed by atoms with E-state index in [0.29, 0.717) is 31.6 Å². The Kier molecular flexibility index (Phi) is 5.45. The average molecular weight is 436 g/mol. The number of halogens is 1. The first-order valence-corrected chi connectivity index (χ1v) is 11.4. The molecule has 6 heteroatoms. The first-order valence-electron chi connectivity index (χ1n) is 11.1. The zero-order valence-electron chi connectivity index (χ0n) is 17.4. The van der Waals surface area contributed by atoms with Crippen LogP contribution >= 0.6 is 11.6 Å². The Morgan fingerprint density at radius 3 is 2.58 bits per heavy atom. The molecule has 0 unspecified atom stereocenters. The summed E-state index contributed by atoms with van der Waals surface area (Å²) in [6, 6.07) is 15.7. The van der Waals surface area contributed by atoms with Crippen LogP contribution in [0.5, 0.6) is 0 Å². The molecular weight excluding hydrogens is 410 g/mol. The number of nitrogens with one attached hydrogen (secondary N) is 1. The molecule has 1 N–H and O–H groups in total. The number of likely N-dealkylation sites (tertiary alicyclic amines) is 1. The largest absolute Gasteiger partial charge is 0.351 e. The Labute approximate surface area is 187 Å². The number of aromatic amines is 1. The van der Waals surface area contributed by atoms with Gasteiger partial charge < -0.3 is 14.8 Å². The van der Waals surface area contributed by atoms with Gasteiger partial charge in [-0.2, -0.15) is 0 Å².